The van der Waals surface area contributed by atoms with Crippen molar-refractivity contribution in [2.45, 2.75) is 0 Å². The first-order chi connectivity index (χ1) is 4.54. The summed E-state index contributed by atoms with van der Waals surface area (Å²) in [6.45, 7) is -0.684. The summed E-state index contributed by atoms with van der Waals surface area (Å²) < 4.78 is 4.64. The van der Waals surface area contributed by atoms with Crippen LogP contribution in [0.15, 0.2) is 0 Å². The van der Waals surface area contributed by atoms with Crippen molar-refractivity contribution >= 4 is 37.7 Å². The maximum atomic E-state index is 10.3. The molecule has 0 aliphatic rings. The number of hydrogen-bond acceptors (Lipinski definition) is 5. The molecule has 0 aliphatic carbocycles. The van der Waals surface area contributed by atoms with E-state index in [9.17, 15) is 9.59 Å². The Morgan fingerprint density at radius 3 is 2.08 bits per heavy atom. The number of carboxylic acid groups (broad SMARTS) is 1. The molecule has 0 saturated carbocycles. The monoisotopic (exact) mass is 231 g/mol. The summed E-state index contributed by atoms with van der Waals surface area (Å²) in [5.41, 5.74) is 0. The van der Waals surface area contributed by atoms with Gasteiger partial charge in [-0.15, -0.1) is 0 Å². The third kappa shape index (κ3) is 11.4. The molecular formula is C3H7NNa2O4S2. The third-order valence-corrected chi connectivity index (χ3v) is 0.809. The van der Waals surface area contributed by atoms with E-state index in [0.29, 0.717) is 3.71 Å². The van der Waals surface area contributed by atoms with E-state index in [1.165, 1.54) is 0 Å². The van der Waals surface area contributed by atoms with Crippen LogP contribution in [0.5, 0.6) is 0 Å². The Labute approximate surface area is 128 Å². The van der Waals surface area contributed by atoms with Gasteiger partial charge in [0.25, 0.3) is 0 Å². The van der Waals surface area contributed by atoms with Crippen LogP contribution in [0, 0.1) is 0 Å². The minimum Gasteiger partial charge on any atom is -1.00 e. The minimum atomic E-state index is -1.23. The fraction of sp³-hybridized carbons (Fsp3) is 0.333. The third-order valence-electron chi connectivity index (χ3n) is 0.482. The van der Waals surface area contributed by atoms with Crippen molar-refractivity contribution in [1.29, 1.82) is 0 Å². The quantitative estimate of drug-likeness (QED) is 0.327. The van der Waals surface area contributed by atoms with Crippen LogP contribution in [0.1, 0.15) is 2.85 Å². The number of carboxylic acids is 1. The van der Waals surface area contributed by atoms with Crippen LogP contribution in [0.4, 0.5) is 4.79 Å². The topological polar surface area (TPSA) is 66.8 Å². The molecule has 0 aromatic carbocycles. The first kappa shape index (κ1) is 19.1. The maximum absolute atomic E-state index is 10.3. The van der Waals surface area contributed by atoms with E-state index in [1.54, 1.807) is 0 Å². The normalized spacial score (nSPS) is 7.17. The molecule has 0 radical (unpaired) electrons. The number of carbonyl (C=O) groups is 2. The van der Waals surface area contributed by atoms with Crippen LogP contribution in [0.2, 0.25) is 0 Å². The summed E-state index contributed by atoms with van der Waals surface area (Å²) in [7, 11) is 0. The molecule has 0 spiro atoms. The molecule has 0 saturated heterocycles. The van der Waals surface area contributed by atoms with Gasteiger partial charge in [-0.25, -0.2) is 9.59 Å². The van der Waals surface area contributed by atoms with Gasteiger partial charge >= 0.3 is 71.2 Å². The molecule has 0 bridgehead atoms. The van der Waals surface area contributed by atoms with E-state index >= 15 is 0 Å². The number of carbonyl (C=O) groups excluding carboxylic acids is 1. The van der Waals surface area contributed by atoms with Gasteiger partial charge in [-0.2, -0.15) is 3.71 Å². The molecule has 1 N–H and O–H groups in total. The molecule has 62 valence electrons. The standard InChI is InChI=1S/C3H5NO4S2.2Na.2H/c5-2(6)1-8-3(7)4(9)10;;;;/h9-10H,1H2,(H,5,6);;;;/q;2*+1;2*-1. The average Bonchev–Trinajstić information content (AvgIpc) is 1.82. The molecule has 0 aromatic heterocycles. The van der Waals surface area contributed by atoms with Crippen molar-refractivity contribution in [3.63, 3.8) is 0 Å². The smallest absolute Gasteiger partial charge is 1.00 e. The Kier molecular flexibility index (Phi) is 16.7. The number of rotatable bonds is 2. The second-order valence-electron chi connectivity index (χ2n) is 1.24. The Balaban J connectivity index is -0.0000000675. The predicted octanol–water partition coefficient (Wildman–Crippen LogP) is -5.57. The van der Waals surface area contributed by atoms with E-state index in [2.05, 4.69) is 30.4 Å². The van der Waals surface area contributed by atoms with Gasteiger partial charge in [0.1, 0.15) is 0 Å². The fourth-order valence-corrected chi connectivity index (χ4v) is 0.297. The Bertz CT molecular complexity index is 164. The van der Waals surface area contributed by atoms with Crippen LogP contribution >= 0.6 is 25.6 Å². The zero-order valence-corrected chi connectivity index (χ0v) is 12.5. The maximum Gasteiger partial charge on any atom is 1.00 e. The van der Waals surface area contributed by atoms with Crippen molar-refractivity contribution in [2.75, 3.05) is 6.61 Å². The predicted molar refractivity (Wildman–Crippen MR) is 41.0 cm³/mol. The van der Waals surface area contributed by atoms with Gasteiger partial charge in [0.2, 0.25) is 0 Å². The molecule has 0 atom stereocenters. The van der Waals surface area contributed by atoms with Crippen molar-refractivity contribution in [1.82, 2.24) is 3.71 Å². The molecule has 0 unspecified atom stereocenters. The van der Waals surface area contributed by atoms with Crippen LogP contribution in [0.25, 0.3) is 0 Å². The van der Waals surface area contributed by atoms with Gasteiger partial charge in [0.15, 0.2) is 6.61 Å². The zero-order chi connectivity index (χ0) is 8.15. The number of ether oxygens (including phenoxy) is 1. The van der Waals surface area contributed by atoms with E-state index in [4.69, 9.17) is 5.11 Å². The Morgan fingerprint density at radius 1 is 1.42 bits per heavy atom. The number of thiol groups is 2. The fourth-order valence-electron chi connectivity index (χ4n) is 0.181. The van der Waals surface area contributed by atoms with Crippen molar-refractivity contribution < 1.29 is 81.4 Å². The van der Waals surface area contributed by atoms with Gasteiger partial charge in [-0.3, -0.25) is 0 Å². The molecule has 0 heterocycles. The van der Waals surface area contributed by atoms with Crippen LogP contribution < -0.4 is 59.1 Å². The second kappa shape index (κ2) is 10.5. The summed E-state index contributed by atoms with van der Waals surface area (Å²) in [5.74, 6) is -1.23. The van der Waals surface area contributed by atoms with Crippen LogP contribution in [0.3, 0.4) is 0 Å². The van der Waals surface area contributed by atoms with E-state index in [0.717, 1.165) is 0 Å². The summed E-state index contributed by atoms with van der Waals surface area (Å²) in [6.07, 6.45) is -0.922. The van der Waals surface area contributed by atoms with Gasteiger partial charge in [-0.05, 0) is 25.6 Å². The largest absolute Gasteiger partial charge is 1.00 e. The van der Waals surface area contributed by atoms with Crippen molar-refractivity contribution in [2.24, 2.45) is 0 Å². The van der Waals surface area contributed by atoms with E-state index < -0.39 is 18.7 Å². The first-order valence-corrected chi connectivity index (χ1v) is 2.90. The number of amides is 1. The minimum absolute atomic E-state index is 0. The number of nitrogens with zero attached hydrogens (tertiary/aromatic N) is 1. The molecule has 0 rings (SSSR count). The second-order valence-corrected chi connectivity index (χ2v) is 2.35. The molecule has 9 heteroatoms. The summed E-state index contributed by atoms with van der Waals surface area (Å²) in [6, 6.07) is 0. The SMILES string of the molecule is O=C(O)COC(=O)N(S)S.[H-].[H-].[Na+].[Na+]. The summed E-state index contributed by atoms with van der Waals surface area (Å²) in [5, 5.41) is 8.00. The van der Waals surface area contributed by atoms with E-state index in [1.807, 2.05) is 0 Å². The molecule has 5 nitrogen and oxygen atoms in total. The van der Waals surface area contributed by atoms with E-state index in [-0.39, 0.29) is 62.0 Å². The molecule has 0 fully saturated rings. The Hall–Kier alpha value is 1.44. The zero-order valence-electron chi connectivity index (χ0n) is 8.72. The number of hydrogen-bond donors (Lipinski definition) is 3. The van der Waals surface area contributed by atoms with Gasteiger partial charge in [-0.1, -0.05) is 0 Å². The van der Waals surface area contributed by atoms with Crippen LogP contribution in [-0.4, -0.2) is 27.5 Å². The summed E-state index contributed by atoms with van der Waals surface area (Å²) >= 11 is 6.85. The van der Waals surface area contributed by atoms with Crippen molar-refractivity contribution in [3.05, 3.63) is 0 Å². The molecule has 0 aliphatic heterocycles. The number of aliphatic carboxylic acids is 1. The molecular weight excluding hydrogens is 224 g/mol. The summed E-state index contributed by atoms with van der Waals surface area (Å²) in [4.78, 5) is 20.1. The van der Waals surface area contributed by atoms with Gasteiger partial charge < -0.3 is 12.7 Å². The average molecular weight is 231 g/mol. The molecule has 12 heavy (non-hydrogen) atoms. The Morgan fingerprint density at radius 2 is 1.83 bits per heavy atom. The van der Waals surface area contributed by atoms with Gasteiger partial charge in [0.05, 0.1) is 0 Å². The van der Waals surface area contributed by atoms with Crippen LogP contribution in [-0.2, 0) is 9.53 Å². The molecule has 1 amide bonds. The molecule has 0 aromatic rings. The van der Waals surface area contributed by atoms with Gasteiger partial charge in [0, 0.05) is 0 Å². The van der Waals surface area contributed by atoms with Crippen molar-refractivity contribution in [3.8, 4) is 0 Å². The first-order valence-electron chi connectivity index (χ1n) is 2.10.